The summed E-state index contributed by atoms with van der Waals surface area (Å²) in [6.07, 6.45) is 3.52. The zero-order valence-corrected chi connectivity index (χ0v) is 12.1. The van der Waals surface area contributed by atoms with E-state index in [0.717, 1.165) is 36.5 Å². The van der Waals surface area contributed by atoms with Gasteiger partial charge in [-0.25, -0.2) is 4.68 Å². The molecule has 1 aromatic heterocycles. The van der Waals surface area contributed by atoms with Gasteiger partial charge in [0.25, 0.3) is 0 Å². The number of benzene rings is 1. The molecule has 1 N–H and O–H groups in total. The van der Waals surface area contributed by atoms with E-state index in [2.05, 4.69) is 29.1 Å². The van der Waals surface area contributed by atoms with Crippen LogP contribution in [0.15, 0.2) is 24.3 Å². The van der Waals surface area contributed by atoms with E-state index in [9.17, 15) is 0 Å². The zero-order chi connectivity index (χ0) is 13.9. The highest BCUT2D eigenvalue weighted by atomic mass is 16.5. The first-order chi connectivity index (χ1) is 9.83. The maximum absolute atomic E-state index is 5.33. The molecule has 0 spiro atoms. The summed E-state index contributed by atoms with van der Waals surface area (Å²) < 4.78 is 7.41. The number of rotatable bonds is 3. The molecule has 1 aliphatic heterocycles. The quantitative estimate of drug-likeness (QED) is 0.930. The van der Waals surface area contributed by atoms with Gasteiger partial charge in [0, 0.05) is 24.2 Å². The second kappa shape index (κ2) is 5.57. The Morgan fingerprint density at radius 1 is 1.35 bits per heavy atom. The number of aromatic nitrogens is 2. The highest BCUT2D eigenvalue weighted by Gasteiger charge is 2.20. The lowest BCUT2D eigenvalue weighted by Crippen LogP contribution is -2.07. The number of hydrogen-bond donors (Lipinski definition) is 1. The standard InChI is InChI=1S/C16H21N3O/c1-3-19-16-14(9-4-5-10-17-16)15(18-19)12-7-6-8-13(11-12)20-2/h6-8,11,17H,3-5,9-10H2,1-2H3. The molecule has 0 amide bonds. The van der Waals surface area contributed by atoms with E-state index in [-0.39, 0.29) is 0 Å². The highest BCUT2D eigenvalue weighted by Crippen LogP contribution is 2.33. The SMILES string of the molecule is CCn1nc(-c2cccc(OC)c2)c2c1NCCCC2. The van der Waals surface area contributed by atoms with Gasteiger partial charge in [0.2, 0.25) is 0 Å². The third-order valence-electron chi connectivity index (χ3n) is 3.84. The molecule has 1 aromatic carbocycles. The van der Waals surface area contributed by atoms with Crippen LogP contribution < -0.4 is 10.1 Å². The fourth-order valence-corrected chi connectivity index (χ4v) is 2.80. The van der Waals surface area contributed by atoms with Crippen LogP contribution in [-0.2, 0) is 13.0 Å². The molecule has 106 valence electrons. The van der Waals surface area contributed by atoms with E-state index in [0.29, 0.717) is 0 Å². The van der Waals surface area contributed by atoms with E-state index in [1.54, 1.807) is 7.11 Å². The van der Waals surface area contributed by atoms with Crippen molar-refractivity contribution in [3.63, 3.8) is 0 Å². The lowest BCUT2D eigenvalue weighted by molar-refractivity contribution is 0.415. The first kappa shape index (κ1) is 13.0. The van der Waals surface area contributed by atoms with Crippen molar-refractivity contribution in [2.24, 2.45) is 0 Å². The normalized spacial score (nSPS) is 14.3. The first-order valence-corrected chi connectivity index (χ1v) is 7.31. The smallest absolute Gasteiger partial charge is 0.128 e. The lowest BCUT2D eigenvalue weighted by atomic mass is 10.0. The molecular formula is C16H21N3O. The van der Waals surface area contributed by atoms with Crippen LogP contribution >= 0.6 is 0 Å². The van der Waals surface area contributed by atoms with Crippen LogP contribution in [0.4, 0.5) is 5.82 Å². The van der Waals surface area contributed by atoms with E-state index in [1.165, 1.54) is 24.2 Å². The predicted octanol–water partition coefficient (Wildman–Crippen LogP) is 3.33. The van der Waals surface area contributed by atoms with Crippen LogP contribution in [-0.4, -0.2) is 23.4 Å². The molecule has 2 aromatic rings. The Balaban J connectivity index is 2.10. The average Bonchev–Trinajstić information content (AvgIpc) is 2.68. The molecule has 0 saturated carbocycles. The van der Waals surface area contributed by atoms with Crippen LogP contribution in [0.25, 0.3) is 11.3 Å². The van der Waals surface area contributed by atoms with Gasteiger partial charge in [-0.15, -0.1) is 0 Å². The van der Waals surface area contributed by atoms with E-state index in [1.807, 2.05) is 12.1 Å². The Bertz CT molecular complexity index is 604. The van der Waals surface area contributed by atoms with Crippen molar-refractivity contribution in [2.45, 2.75) is 32.7 Å². The van der Waals surface area contributed by atoms with Crippen LogP contribution in [0.5, 0.6) is 5.75 Å². The molecule has 1 aliphatic rings. The summed E-state index contributed by atoms with van der Waals surface area (Å²) in [5, 5.41) is 8.33. The van der Waals surface area contributed by atoms with Crippen LogP contribution in [0, 0.1) is 0 Å². The van der Waals surface area contributed by atoms with Crippen molar-refractivity contribution in [1.82, 2.24) is 9.78 Å². The van der Waals surface area contributed by atoms with Gasteiger partial charge in [-0.1, -0.05) is 12.1 Å². The fraction of sp³-hybridized carbons (Fsp3) is 0.438. The van der Waals surface area contributed by atoms with Crippen molar-refractivity contribution in [3.05, 3.63) is 29.8 Å². The molecule has 0 bridgehead atoms. The minimum absolute atomic E-state index is 0.879. The lowest BCUT2D eigenvalue weighted by Gasteiger charge is -2.06. The van der Waals surface area contributed by atoms with Gasteiger partial charge in [0.1, 0.15) is 11.6 Å². The molecule has 0 unspecified atom stereocenters. The Hall–Kier alpha value is -1.97. The molecule has 3 rings (SSSR count). The second-order valence-corrected chi connectivity index (χ2v) is 5.11. The third kappa shape index (κ3) is 2.26. The van der Waals surface area contributed by atoms with Gasteiger partial charge in [0.15, 0.2) is 0 Å². The number of methoxy groups -OCH3 is 1. The van der Waals surface area contributed by atoms with Gasteiger partial charge < -0.3 is 10.1 Å². The van der Waals surface area contributed by atoms with E-state index >= 15 is 0 Å². The van der Waals surface area contributed by atoms with Crippen molar-refractivity contribution in [1.29, 1.82) is 0 Å². The Labute approximate surface area is 119 Å². The largest absolute Gasteiger partial charge is 0.497 e. The summed E-state index contributed by atoms with van der Waals surface area (Å²) in [6.45, 7) is 4.06. The summed E-state index contributed by atoms with van der Waals surface area (Å²) in [6, 6.07) is 8.16. The topological polar surface area (TPSA) is 39.1 Å². The summed E-state index contributed by atoms with van der Waals surface area (Å²) >= 11 is 0. The van der Waals surface area contributed by atoms with Crippen molar-refractivity contribution < 1.29 is 4.74 Å². The fourth-order valence-electron chi connectivity index (χ4n) is 2.80. The van der Waals surface area contributed by atoms with Gasteiger partial charge in [-0.2, -0.15) is 5.10 Å². The molecule has 0 fully saturated rings. The van der Waals surface area contributed by atoms with E-state index in [4.69, 9.17) is 9.84 Å². The van der Waals surface area contributed by atoms with Crippen LogP contribution in [0.3, 0.4) is 0 Å². The molecule has 2 heterocycles. The Morgan fingerprint density at radius 2 is 2.25 bits per heavy atom. The molecule has 0 aliphatic carbocycles. The first-order valence-electron chi connectivity index (χ1n) is 7.31. The molecule has 4 heteroatoms. The average molecular weight is 271 g/mol. The molecule has 0 radical (unpaired) electrons. The number of aryl methyl sites for hydroxylation is 1. The maximum Gasteiger partial charge on any atom is 0.128 e. The third-order valence-corrected chi connectivity index (χ3v) is 3.84. The number of nitrogens with one attached hydrogen (secondary N) is 1. The molecular weight excluding hydrogens is 250 g/mol. The molecule has 20 heavy (non-hydrogen) atoms. The minimum atomic E-state index is 0.879. The Morgan fingerprint density at radius 3 is 3.05 bits per heavy atom. The van der Waals surface area contributed by atoms with Crippen molar-refractivity contribution >= 4 is 5.82 Å². The summed E-state index contributed by atoms with van der Waals surface area (Å²) in [5.41, 5.74) is 3.57. The van der Waals surface area contributed by atoms with Crippen LogP contribution in [0.2, 0.25) is 0 Å². The number of nitrogens with zero attached hydrogens (tertiary/aromatic N) is 2. The van der Waals surface area contributed by atoms with Crippen LogP contribution in [0.1, 0.15) is 25.3 Å². The number of fused-ring (bicyclic) bond motifs is 1. The molecule has 0 atom stereocenters. The van der Waals surface area contributed by atoms with Crippen molar-refractivity contribution in [3.8, 4) is 17.0 Å². The second-order valence-electron chi connectivity index (χ2n) is 5.11. The number of ether oxygens (including phenoxy) is 1. The van der Waals surface area contributed by atoms with Crippen molar-refractivity contribution in [2.75, 3.05) is 19.0 Å². The predicted molar refractivity (Wildman–Crippen MR) is 81.3 cm³/mol. The highest BCUT2D eigenvalue weighted by molar-refractivity contribution is 5.70. The molecule has 4 nitrogen and oxygen atoms in total. The maximum atomic E-state index is 5.33. The summed E-state index contributed by atoms with van der Waals surface area (Å²) in [5.74, 6) is 2.08. The zero-order valence-electron chi connectivity index (χ0n) is 12.1. The summed E-state index contributed by atoms with van der Waals surface area (Å²) in [7, 11) is 1.70. The minimum Gasteiger partial charge on any atom is -0.497 e. The monoisotopic (exact) mass is 271 g/mol. The summed E-state index contributed by atoms with van der Waals surface area (Å²) in [4.78, 5) is 0. The van der Waals surface area contributed by atoms with Gasteiger partial charge >= 0.3 is 0 Å². The van der Waals surface area contributed by atoms with E-state index < -0.39 is 0 Å². The van der Waals surface area contributed by atoms with Gasteiger partial charge in [-0.3, -0.25) is 0 Å². The molecule has 0 saturated heterocycles. The number of anilines is 1. The van der Waals surface area contributed by atoms with Gasteiger partial charge in [0.05, 0.1) is 12.8 Å². The Kier molecular flexibility index (Phi) is 3.63. The number of hydrogen-bond acceptors (Lipinski definition) is 3. The van der Waals surface area contributed by atoms with Gasteiger partial charge in [-0.05, 0) is 38.3 Å².